The molecular weight excluding hydrogens is 220 g/mol. The van der Waals surface area contributed by atoms with Crippen LogP contribution in [0.2, 0.25) is 0 Å². The number of hydrogen-bond donors (Lipinski definition) is 2. The van der Waals surface area contributed by atoms with Crippen LogP contribution in [0.5, 0.6) is 0 Å². The van der Waals surface area contributed by atoms with Gasteiger partial charge in [-0.05, 0) is 44.6 Å². The molecular formula is C12H20N2O3. The Labute approximate surface area is 101 Å². The second-order valence-corrected chi connectivity index (χ2v) is 5.01. The van der Waals surface area contributed by atoms with E-state index in [-0.39, 0.29) is 12.5 Å². The van der Waals surface area contributed by atoms with E-state index in [0.29, 0.717) is 13.0 Å². The lowest BCUT2D eigenvalue weighted by Crippen LogP contribution is -2.50. The highest BCUT2D eigenvalue weighted by atomic mass is 16.4. The Bertz CT molecular complexity index is 302. The zero-order chi connectivity index (χ0) is 12.3. The number of amides is 1. The van der Waals surface area contributed by atoms with Crippen LogP contribution in [0.15, 0.2) is 0 Å². The molecule has 1 saturated carbocycles. The Morgan fingerprint density at radius 3 is 2.65 bits per heavy atom. The zero-order valence-corrected chi connectivity index (χ0v) is 10.0. The normalized spacial score (nSPS) is 24.7. The van der Waals surface area contributed by atoms with Crippen LogP contribution in [0.4, 0.5) is 0 Å². The summed E-state index contributed by atoms with van der Waals surface area (Å²) in [4.78, 5) is 24.5. The van der Waals surface area contributed by atoms with Gasteiger partial charge in [-0.1, -0.05) is 0 Å². The molecule has 0 unspecified atom stereocenters. The van der Waals surface area contributed by atoms with Crippen LogP contribution in [0, 0.1) is 5.92 Å². The van der Waals surface area contributed by atoms with Crippen LogP contribution in [-0.4, -0.2) is 47.6 Å². The first-order valence-corrected chi connectivity index (χ1v) is 6.41. The first kappa shape index (κ1) is 12.4. The summed E-state index contributed by atoms with van der Waals surface area (Å²) in [6, 6.07) is -0.612. The molecule has 0 aromatic heterocycles. The minimum atomic E-state index is -0.875. The molecule has 1 aliphatic heterocycles. The third kappa shape index (κ3) is 3.43. The van der Waals surface area contributed by atoms with Gasteiger partial charge in [0.1, 0.15) is 6.04 Å². The second kappa shape index (κ2) is 5.49. The van der Waals surface area contributed by atoms with Crippen LogP contribution < -0.4 is 5.32 Å². The van der Waals surface area contributed by atoms with Gasteiger partial charge < -0.3 is 15.3 Å². The maximum Gasteiger partial charge on any atom is 0.326 e. The highest BCUT2D eigenvalue weighted by Crippen LogP contribution is 2.27. The van der Waals surface area contributed by atoms with Crippen LogP contribution in [-0.2, 0) is 9.59 Å². The number of carboxylic acid groups (broad SMARTS) is 1. The van der Waals surface area contributed by atoms with Crippen molar-refractivity contribution in [3.05, 3.63) is 0 Å². The van der Waals surface area contributed by atoms with E-state index in [4.69, 9.17) is 5.11 Å². The van der Waals surface area contributed by atoms with Gasteiger partial charge >= 0.3 is 5.97 Å². The van der Waals surface area contributed by atoms with E-state index in [1.807, 2.05) is 0 Å². The Balaban J connectivity index is 1.79. The molecule has 0 aromatic rings. The number of aliphatic carboxylic acids is 1. The zero-order valence-electron chi connectivity index (χ0n) is 10.0. The van der Waals surface area contributed by atoms with Gasteiger partial charge in [0.05, 0.1) is 6.54 Å². The van der Waals surface area contributed by atoms with Gasteiger partial charge in [-0.2, -0.15) is 0 Å². The van der Waals surface area contributed by atoms with Gasteiger partial charge in [-0.3, -0.25) is 4.79 Å². The third-order valence-electron chi connectivity index (χ3n) is 3.51. The minimum Gasteiger partial charge on any atom is -0.480 e. The van der Waals surface area contributed by atoms with Crippen molar-refractivity contribution in [2.75, 3.05) is 19.6 Å². The van der Waals surface area contributed by atoms with Crippen LogP contribution in [0.25, 0.3) is 0 Å². The Hall–Kier alpha value is -1.10. The first-order chi connectivity index (χ1) is 8.18. The van der Waals surface area contributed by atoms with Crippen molar-refractivity contribution in [2.45, 2.75) is 38.1 Å². The van der Waals surface area contributed by atoms with E-state index in [2.05, 4.69) is 5.32 Å². The molecule has 96 valence electrons. The summed E-state index contributed by atoms with van der Waals surface area (Å²) in [5.41, 5.74) is 0. The molecule has 2 aliphatic rings. The number of carbonyl (C=O) groups is 2. The molecule has 0 bridgehead atoms. The standard InChI is InChI=1S/C12H20N2O3/c15-11(8-13-7-9-4-5-9)14-6-2-1-3-10(14)12(16)17/h9-10,13H,1-8H2,(H,16,17)/t10-/m1/s1. The number of nitrogens with zero attached hydrogens (tertiary/aromatic N) is 1. The molecule has 1 heterocycles. The monoisotopic (exact) mass is 240 g/mol. The van der Waals surface area contributed by atoms with E-state index in [1.165, 1.54) is 17.7 Å². The SMILES string of the molecule is O=C(O)[C@H]1CCCCN1C(=O)CNCC1CC1. The molecule has 17 heavy (non-hydrogen) atoms. The molecule has 1 saturated heterocycles. The number of carbonyl (C=O) groups excluding carboxylic acids is 1. The molecule has 1 aliphatic carbocycles. The number of carboxylic acids is 1. The van der Waals surface area contributed by atoms with Gasteiger partial charge in [0.2, 0.25) is 5.91 Å². The van der Waals surface area contributed by atoms with Crippen molar-refractivity contribution in [2.24, 2.45) is 5.92 Å². The molecule has 1 amide bonds. The van der Waals surface area contributed by atoms with Crippen molar-refractivity contribution in [1.82, 2.24) is 10.2 Å². The highest BCUT2D eigenvalue weighted by molar-refractivity contribution is 5.85. The molecule has 2 N–H and O–H groups in total. The third-order valence-corrected chi connectivity index (χ3v) is 3.51. The van der Waals surface area contributed by atoms with E-state index in [1.54, 1.807) is 0 Å². The van der Waals surface area contributed by atoms with Crippen molar-refractivity contribution in [1.29, 1.82) is 0 Å². The van der Waals surface area contributed by atoms with Crippen LogP contribution >= 0.6 is 0 Å². The molecule has 5 nitrogen and oxygen atoms in total. The molecule has 0 radical (unpaired) electrons. The summed E-state index contributed by atoms with van der Waals surface area (Å²) in [7, 11) is 0. The van der Waals surface area contributed by atoms with Gasteiger partial charge in [-0.25, -0.2) is 4.79 Å². The van der Waals surface area contributed by atoms with Crippen molar-refractivity contribution < 1.29 is 14.7 Å². The van der Waals surface area contributed by atoms with Crippen LogP contribution in [0.1, 0.15) is 32.1 Å². The number of piperidine rings is 1. The predicted octanol–water partition coefficient (Wildman–Crippen LogP) is 0.452. The van der Waals surface area contributed by atoms with Gasteiger partial charge in [0.15, 0.2) is 0 Å². The van der Waals surface area contributed by atoms with Crippen LogP contribution in [0.3, 0.4) is 0 Å². The largest absolute Gasteiger partial charge is 0.480 e. The number of rotatable bonds is 5. The average Bonchev–Trinajstić information content (AvgIpc) is 3.13. The van der Waals surface area contributed by atoms with Crippen molar-refractivity contribution in [3.8, 4) is 0 Å². The van der Waals surface area contributed by atoms with Gasteiger partial charge in [-0.15, -0.1) is 0 Å². The number of nitrogens with one attached hydrogen (secondary N) is 1. The number of likely N-dealkylation sites (tertiary alicyclic amines) is 1. The molecule has 0 aromatic carbocycles. The summed E-state index contributed by atoms with van der Waals surface area (Å²) in [6.07, 6.45) is 4.91. The summed E-state index contributed by atoms with van der Waals surface area (Å²) < 4.78 is 0. The van der Waals surface area contributed by atoms with E-state index in [0.717, 1.165) is 25.3 Å². The fraction of sp³-hybridized carbons (Fsp3) is 0.833. The first-order valence-electron chi connectivity index (χ1n) is 6.41. The van der Waals surface area contributed by atoms with Crippen molar-refractivity contribution in [3.63, 3.8) is 0 Å². The van der Waals surface area contributed by atoms with Crippen molar-refractivity contribution >= 4 is 11.9 Å². The van der Waals surface area contributed by atoms with Gasteiger partial charge in [0.25, 0.3) is 0 Å². The average molecular weight is 240 g/mol. The lowest BCUT2D eigenvalue weighted by molar-refractivity contribution is -0.151. The smallest absolute Gasteiger partial charge is 0.326 e. The highest BCUT2D eigenvalue weighted by Gasteiger charge is 2.31. The molecule has 1 atom stereocenters. The fourth-order valence-electron chi connectivity index (χ4n) is 2.29. The fourth-order valence-corrected chi connectivity index (χ4v) is 2.29. The van der Waals surface area contributed by atoms with Gasteiger partial charge in [0, 0.05) is 6.54 Å². The second-order valence-electron chi connectivity index (χ2n) is 5.01. The Morgan fingerprint density at radius 1 is 1.24 bits per heavy atom. The topological polar surface area (TPSA) is 69.6 Å². The predicted molar refractivity (Wildman–Crippen MR) is 62.6 cm³/mol. The van der Waals surface area contributed by atoms with E-state index >= 15 is 0 Å². The summed E-state index contributed by atoms with van der Waals surface area (Å²) in [6.45, 7) is 1.75. The number of hydrogen-bond acceptors (Lipinski definition) is 3. The van der Waals surface area contributed by atoms with E-state index in [9.17, 15) is 9.59 Å². The lowest BCUT2D eigenvalue weighted by atomic mass is 10.0. The molecule has 2 rings (SSSR count). The maximum absolute atomic E-state index is 11.9. The molecule has 2 fully saturated rings. The maximum atomic E-state index is 11.9. The quantitative estimate of drug-likeness (QED) is 0.732. The minimum absolute atomic E-state index is 0.0715. The molecule has 0 spiro atoms. The molecule has 5 heteroatoms. The van der Waals surface area contributed by atoms with E-state index < -0.39 is 12.0 Å². The Morgan fingerprint density at radius 2 is 2.00 bits per heavy atom. The Kier molecular flexibility index (Phi) is 3.99. The summed E-state index contributed by atoms with van der Waals surface area (Å²) >= 11 is 0. The lowest BCUT2D eigenvalue weighted by Gasteiger charge is -2.33. The summed E-state index contributed by atoms with van der Waals surface area (Å²) in [5, 5.41) is 12.2. The summed E-state index contributed by atoms with van der Waals surface area (Å²) in [5.74, 6) is -0.211.